The van der Waals surface area contributed by atoms with E-state index in [9.17, 15) is 19.0 Å². The first-order chi connectivity index (χ1) is 34.4. The zero-order valence-corrected chi connectivity index (χ0v) is 47.1. The molecule has 0 aromatic heterocycles. The fourth-order valence-electron chi connectivity index (χ4n) is 7.44. The van der Waals surface area contributed by atoms with Crippen LogP contribution in [0.4, 0.5) is 0 Å². The minimum Gasteiger partial charge on any atom is -0.456 e. The molecule has 0 heterocycles. The van der Waals surface area contributed by atoms with Crippen molar-refractivity contribution in [3.63, 3.8) is 0 Å². The van der Waals surface area contributed by atoms with Crippen molar-refractivity contribution in [3.8, 4) is 0 Å². The second-order valence-electron chi connectivity index (χ2n) is 19.8. The fourth-order valence-corrected chi connectivity index (χ4v) is 8.17. The molecule has 0 fully saturated rings. The van der Waals surface area contributed by atoms with E-state index in [1.807, 2.05) is 39.4 Å². The average molecular weight is 1010 g/mol. The molecule has 0 spiro atoms. The fraction of sp³-hybridized carbons (Fsp3) is 0.672. The van der Waals surface area contributed by atoms with Gasteiger partial charge in [-0.25, -0.2) is 4.57 Å². The van der Waals surface area contributed by atoms with Crippen LogP contribution in [-0.2, 0) is 27.9 Å². The van der Waals surface area contributed by atoms with Crippen LogP contribution in [0, 0.1) is 0 Å². The summed E-state index contributed by atoms with van der Waals surface area (Å²) in [5.41, 5.74) is 0. The molecule has 0 aliphatic carbocycles. The lowest BCUT2D eigenvalue weighted by Gasteiger charge is -2.27. The van der Waals surface area contributed by atoms with Crippen molar-refractivity contribution < 1.29 is 37.3 Å². The third kappa shape index (κ3) is 51.4. The SMILES string of the molecule is CC/C=C\C/C=C\C/C=C\C/C=C\C/C=C\CCCCCC(=O)OC(/C=C\CCCCCCCCCCCCC)C(COP(=O)(O)OCC[N+](C)(C)C)NC(=O)CCCCCCC\C=C/C=C/C=C/CC. The Morgan fingerprint density at radius 2 is 0.972 bits per heavy atom. The van der Waals surface area contributed by atoms with E-state index >= 15 is 0 Å². The largest absolute Gasteiger partial charge is 0.472 e. The molecule has 3 unspecified atom stereocenters. The number of phosphoric acid groups is 1. The van der Waals surface area contributed by atoms with Crippen LogP contribution >= 0.6 is 7.82 Å². The second-order valence-corrected chi connectivity index (χ2v) is 21.2. The van der Waals surface area contributed by atoms with Crippen molar-refractivity contribution in [2.45, 2.75) is 226 Å². The van der Waals surface area contributed by atoms with Crippen LogP contribution in [-0.4, -0.2) is 74.3 Å². The maximum Gasteiger partial charge on any atom is 0.472 e. The van der Waals surface area contributed by atoms with E-state index in [4.69, 9.17) is 13.8 Å². The Hall–Kier alpha value is -3.33. The molecule has 0 aliphatic heterocycles. The summed E-state index contributed by atoms with van der Waals surface area (Å²) in [6, 6.07) is -0.879. The van der Waals surface area contributed by atoms with Crippen LogP contribution in [0.2, 0.25) is 0 Å². The van der Waals surface area contributed by atoms with Crippen molar-refractivity contribution in [1.29, 1.82) is 0 Å². The van der Waals surface area contributed by atoms with Gasteiger partial charge < -0.3 is 19.4 Å². The quantitative estimate of drug-likeness (QED) is 0.0156. The molecule has 0 saturated heterocycles. The Morgan fingerprint density at radius 3 is 1.52 bits per heavy atom. The van der Waals surface area contributed by atoms with Gasteiger partial charge in [0.1, 0.15) is 19.3 Å². The van der Waals surface area contributed by atoms with Crippen LogP contribution in [0.25, 0.3) is 0 Å². The lowest BCUT2D eigenvalue weighted by molar-refractivity contribution is -0.870. The van der Waals surface area contributed by atoms with Crippen LogP contribution in [0.5, 0.6) is 0 Å². The number of ether oxygens (including phenoxy) is 1. The summed E-state index contributed by atoms with van der Waals surface area (Å²) >= 11 is 0. The summed E-state index contributed by atoms with van der Waals surface area (Å²) < 4.78 is 30.6. The second kappa shape index (κ2) is 50.2. The maximum atomic E-state index is 13.5. The first-order valence-electron chi connectivity index (χ1n) is 28.2. The molecule has 406 valence electrons. The van der Waals surface area contributed by atoms with Crippen molar-refractivity contribution in [1.82, 2.24) is 5.32 Å². The number of allylic oxidation sites excluding steroid dienone is 17. The van der Waals surface area contributed by atoms with Gasteiger partial charge in [0.05, 0.1) is 33.8 Å². The standard InChI is InChI=1S/C61H105N2O7P/c1-7-10-13-16-19-22-25-28-29-30-31-32-33-36-39-42-45-48-51-54-61(65)70-59(52-49-46-43-40-37-34-26-23-20-17-14-11-8-2)58(57-69-71(66,67)68-56-55-63(4,5)6)62-60(64)53-50-47-44-41-38-35-27-24-21-18-15-12-9-3/h10,12-13,15,18-19,21-22,24,27-29,31-32,36,39,49,52,58-59H,7-9,11,14,16-17,20,23,25-26,30,33-35,37-38,40-48,50-51,53-57H2,1-6H3,(H-,62,64,66,67)/p+1/b13-10-,15-12+,21-18+,22-19-,27-24-,29-28-,32-31-,39-36-,52-49-. The van der Waals surface area contributed by atoms with E-state index in [2.05, 4.69) is 117 Å². The highest BCUT2D eigenvalue weighted by atomic mass is 31.2. The van der Waals surface area contributed by atoms with Gasteiger partial charge in [0, 0.05) is 12.8 Å². The molecule has 0 radical (unpaired) electrons. The molecule has 3 atom stereocenters. The smallest absolute Gasteiger partial charge is 0.456 e. The van der Waals surface area contributed by atoms with Gasteiger partial charge in [0.2, 0.25) is 5.91 Å². The van der Waals surface area contributed by atoms with Gasteiger partial charge in [-0.2, -0.15) is 0 Å². The Balaban J connectivity index is 5.47. The lowest BCUT2D eigenvalue weighted by atomic mass is 10.0. The summed E-state index contributed by atoms with van der Waals surface area (Å²) in [5, 5.41) is 3.02. The number of carbonyl (C=O) groups is 2. The number of hydrogen-bond donors (Lipinski definition) is 2. The highest BCUT2D eigenvalue weighted by Crippen LogP contribution is 2.43. The molecule has 0 bridgehead atoms. The molecule has 71 heavy (non-hydrogen) atoms. The number of nitrogens with zero attached hydrogens (tertiary/aromatic N) is 1. The van der Waals surface area contributed by atoms with E-state index in [0.717, 1.165) is 109 Å². The molecular formula is C61H106N2O7P+. The van der Waals surface area contributed by atoms with E-state index in [1.165, 1.54) is 57.8 Å². The first-order valence-corrected chi connectivity index (χ1v) is 29.7. The molecule has 1 amide bonds. The maximum absolute atomic E-state index is 13.5. The summed E-state index contributed by atoms with van der Waals surface area (Å²) in [7, 11) is 1.44. The predicted octanol–water partition coefficient (Wildman–Crippen LogP) is 17.0. The Kier molecular flexibility index (Phi) is 47.9. The summed E-state index contributed by atoms with van der Waals surface area (Å²) in [4.78, 5) is 37.6. The monoisotopic (exact) mass is 1010 g/mol. The van der Waals surface area contributed by atoms with Crippen LogP contribution in [0.15, 0.2) is 109 Å². The zero-order chi connectivity index (χ0) is 52.2. The number of carbonyl (C=O) groups excluding carboxylic acids is 2. The van der Waals surface area contributed by atoms with E-state index < -0.39 is 20.0 Å². The Labute approximate surface area is 436 Å². The molecule has 0 aromatic carbocycles. The summed E-state index contributed by atoms with van der Waals surface area (Å²) in [6.07, 6.45) is 68.0. The van der Waals surface area contributed by atoms with Crippen molar-refractivity contribution in [2.24, 2.45) is 0 Å². The zero-order valence-electron chi connectivity index (χ0n) is 46.2. The van der Waals surface area contributed by atoms with Gasteiger partial charge in [0.15, 0.2) is 0 Å². The molecule has 2 N–H and O–H groups in total. The van der Waals surface area contributed by atoms with Crippen molar-refractivity contribution in [2.75, 3.05) is 40.9 Å². The normalized spacial score (nSPS) is 14.6. The number of unbranched alkanes of at least 4 members (excludes halogenated alkanes) is 19. The molecule has 0 rings (SSSR count). The Bertz CT molecular complexity index is 1580. The molecule has 0 aromatic rings. The third-order valence-electron chi connectivity index (χ3n) is 11.8. The molecule has 10 heteroatoms. The number of amides is 1. The van der Waals surface area contributed by atoms with E-state index in [0.29, 0.717) is 30.3 Å². The molecule has 0 aliphatic rings. The van der Waals surface area contributed by atoms with Crippen molar-refractivity contribution >= 4 is 19.7 Å². The average Bonchev–Trinajstić information content (AvgIpc) is 3.33. The highest BCUT2D eigenvalue weighted by Gasteiger charge is 2.30. The molecule has 0 saturated carbocycles. The molecule has 9 nitrogen and oxygen atoms in total. The number of esters is 1. The number of likely N-dealkylation sites (N-methyl/N-ethyl adjacent to an activating group) is 1. The van der Waals surface area contributed by atoms with E-state index in [-0.39, 0.29) is 31.5 Å². The summed E-state index contributed by atoms with van der Waals surface area (Å²) in [6.45, 7) is 6.70. The Morgan fingerprint density at radius 1 is 0.521 bits per heavy atom. The highest BCUT2D eigenvalue weighted by molar-refractivity contribution is 7.47. The lowest BCUT2D eigenvalue weighted by Crippen LogP contribution is -2.47. The minimum absolute atomic E-state index is 0.0244. The van der Waals surface area contributed by atoms with Gasteiger partial charge >= 0.3 is 13.8 Å². The number of quaternary nitrogens is 1. The van der Waals surface area contributed by atoms with Crippen LogP contribution < -0.4 is 5.32 Å². The number of phosphoric ester groups is 1. The van der Waals surface area contributed by atoms with Gasteiger partial charge in [0.25, 0.3) is 0 Å². The minimum atomic E-state index is -4.46. The number of rotatable bonds is 49. The third-order valence-corrected chi connectivity index (χ3v) is 12.8. The predicted molar refractivity (Wildman–Crippen MR) is 304 cm³/mol. The van der Waals surface area contributed by atoms with Gasteiger partial charge in [-0.15, -0.1) is 0 Å². The van der Waals surface area contributed by atoms with Gasteiger partial charge in [-0.05, 0) is 96.0 Å². The molecular weight excluding hydrogens is 904 g/mol. The number of hydrogen-bond acceptors (Lipinski definition) is 6. The van der Waals surface area contributed by atoms with Gasteiger partial charge in [-0.3, -0.25) is 18.6 Å². The van der Waals surface area contributed by atoms with Crippen LogP contribution in [0.1, 0.15) is 213 Å². The summed E-state index contributed by atoms with van der Waals surface area (Å²) in [5.74, 6) is -0.576. The number of nitrogens with one attached hydrogen (secondary N) is 1. The van der Waals surface area contributed by atoms with E-state index in [1.54, 1.807) is 0 Å². The van der Waals surface area contributed by atoms with Crippen LogP contribution in [0.3, 0.4) is 0 Å². The van der Waals surface area contributed by atoms with Gasteiger partial charge in [-0.1, -0.05) is 214 Å². The topological polar surface area (TPSA) is 111 Å². The van der Waals surface area contributed by atoms with Crippen molar-refractivity contribution in [3.05, 3.63) is 109 Å². The first kappa shape index (κ1) is 67.7.